The molecule has 1 aromatic carbocycles. The molecule has 1 amide bonds. The van der Waals surface area contributed by atoms with Gasteiger partial charge in [-0.25, -0.2) is 4.79 Å². The van der Waals surface area contributed by atoms with E-state index in [1.165, 1.54) is 0 Å². The highest BCUT2D eigenvalue weighted by Gasteiger charge is 2.25. The second-order valence-corrected chi connectivity index (χ2v) is 8.20. The van der Waals surface area contributed by atoms with Crippen molar-refractivity contribution < 1.29 is 13.9 Å². The topological polar surface area (TPSA) is 99.2 Å². The Labute approximate surface area is 173 Å². The van der Waals surface area contributed by atoms with Crippen LogP contribution in [0.25, 0.3) is 11.0 Å². The van der Waals surface area contributed by atoms with E-state index in [4.69, 9.17) is 9.15 Å². The zero-order valence-electron chi connectivity index (χ0n) is 17.2. The van der Waals surface area contributed by atoms with Crippen LogP contribution >= 0.6 is 0 Å². The zero-order valence-corrected chi connectivity index (χ0v) is 17.2. The minimum atomic E-state index is -0.255. The Kier molecular flexibility index (Phi) is 4.56. The van der Waals surface area contributed by atoms with E-state index in [2.05, 4.69) is 20.1 Å². The van der Waals surface area contributed by atoms with Gasteiger partial charge in [0.15, 0.2) is 6.61 Å². The number of hydrogen-bond donors (Lipinski definition) is 1. The van der Waals surface area contributed by atoms with Gasteiger partial charge in [0.2, 0.25) is 0 Å². The summed E-state index contributed by atoms with van der Waals surface area (Å²) in [6, 6.07) is 3.79. The SMILES string of the molecule is Cc1c(OCC(=O)NCC2Cc3nnc(C)n3C2)ccc2c3c(c(=O)oc12)CCC3. The molecule has 1 aliphatic carbocycles. The molecule has 5 rings (SSSR count). The number of benzene rings is 1. The number of nitrogens with zero attached hydrogens (tertiary/aromatic N) is 3. The van der Waals surface area contributed by atoms with Gasteiger partial charge in [-0.15, -0.1) is 10.2 Å². The lowest BCUT2D eigenvalue weighted by Gasteiger charge is -2.14. The number of carbonyl (C=O) groups excluding carboxylic acids is 1. The number of nitrogens with one attached hydrogen (secondary N) is 1. The maximum atomic E-state index is 12.3. The molecule has 0 saturated heterocycles. The normalized spacial score (nSPS) is 17.2. The number of carbonyl (C=O) groups is 1. The van der Waals surface area contributed by atoms with Gasteiger partial charge in [0.1, 0.15) is 23.0 Å². The van der Waals surface area contributed by atoms with Crippen LogP contribution in [0.5, 0.6) is 5.75 Å². The van der Waals surface area contributed by atoms with Crippen LogP contribution in [-0.2, 0) is 30.6 Å². The van der Waals surface area contributed by atoms with Crippen LogP contribution in [0.1, 0.15) is 34.8 Å². The predicted octanol–water partition coefficient (Wildman–Crippen LogP) is 1.86. The van der Waals surface area contributed by atoms with E-state index < -0.39 is 0 Å². The second kappa shape index (κ2) is 7.27. The number of aromatic nitrogens is 3. The molecule has 30 heavy (non-hydrogen) atoms. The summed E-state index contributed by atoms with van der Waals surface area (Å²) >= 11 is 0. The van der Waals surface area contributed by atoms with Crippen molar-refractivity contribution in [3.05, 3.63) is 50.9 Å². The van der Waals surface area contributed by atoms with Gasteiger partial charge in [0.05, 0.1) is 0 Å². The van der Waals surface area contributed by atoms with Gasteiger partial charge >= 0.3 is 5.63 Å². The van der Waals surface area contributed by atoms with Crippen molar-refractivity contribution in [2.24, 2.45) is 5.92 Å². The molecule has 0 radical (unpaired) electrons. The molecule has 3 aromatic rings. The third kappa shape index (κ3) is 3.16. The first kappa shape index (κ1) is 18.8. The van der Waals surface area contributed by atoms with Crippen molar-refractivity contribution in [3.63, 3.8) is 0 Å². The average Bonchev–Trinajstić information content (AvgIpc) is 3.44. The molecule has 3 heterocycles. The molecule has 0 fully saturated rings. The van der Waals surface area contributed by atoms with Gasteiger partial charge in [-0.2, -0.15) is 0 Å². The van der Waals surface area contributed by atoms with Crippen LogP contribution in [0.15, 0.2) is 21.3 Å². The molecule has 8 heteroatoms. The van der Waals surface area contributed by atoms with E-state index >= 15 is 0 Å². The number of aryl methyl sites for hydroxylation is 3. The molecule has 8 nitrogen and oxygen atoms in total. The Morgan fingerprint density at radius 1 is 1.27 bits per heavy atom. The van der Waals surface area contributed by atoms with Crippen molar-refractivity contribution in [2.75, 3.05) is 13.2 Å². The standard InChI is InChI=1S/C22H24N4O4/c1-12-18(7-6-16-15-4-3-5-17(15)22(28)30-21(12)16)29-11-20(27)23-9-14-8-19-25-24-13(2)26(19)10-14/h6-7,14H,3-5,8-11H2,1-2H3,(H,23,27). The quantitative estimate of drug-likeness (QED) is 0.647. The zero-order chi connectivity index (χ0) is 20.8. The average molecular weight is 408 g/mol. The maximum Gasteiger partial charge on any atom is 0.339 e. The summed E-state index contributed by atoms with van der Waals surface area (Å²) in [6.45, 7) is 5.11. The number of hydrogen-bond acceptors (Lipinski definition) is 6. The number of fused-ring (bicyclic) bond motifs is 4. The first-order valence-corrected chi connectivity index (χ1v) is 10.4. The first-order valence-electron chi connectivity index (χ1n) is 10.4. The first-order chi connectivity index (χ1) is 14.5. The van der Waals surface area contributed by atoms with Crippen LogP contribution in [0.3, 0.4) is 0 Å². The summed E-state index contributed by atoms with van der Waals surface area (Å²) in [7, 11) is 0. The van der Waals surface area contributed by atoms with Crippen molar-refractivity contribution in [2.45, 2.75) is 46.1 Å². The predicted molar refractivity (Wildman–Crippen MR) is 110 cm³/mol. The molecular weight excluding hydrogens is 384 g/mol. The van der Waals surface area contributed by atoms with Crippen LogP contribution < -0.4 is 15.7 Å². The highest BCUT2D eigenvalue weighted by atomic mass is 16.5. The third-order valence-electron chi connectivity index (χ3n) is 6.21. The fourth-order valence-corrected chi connectivity index (χ4v) is 4.60. The van der Waals surface area contributed by atoms with Crippen LogP contribution in [0.4, 0.5) is 0 Å². The third-order valence-corrected chi connectivity index (χ3v) is 6.21. The van der Waals surface area contributed by atoms with Gasteiger partial charge in [-0.1, -0.05) is 0 Å². The Morgan fingerprint density at radius 3 is 2.93 bits per heavy atom. The summed E-state index contributed by atoms with van der Waals surface area (Å²) in [5.74, 6) is 2.58. The molecule has 0 spiro atoms. The maximum absolute atomic E-state index is 12.3. The lowest BCUT2D eigenvalue weighted by atomic mass is 10.0. The van der Waals surface area contributed by atoms with E-state index in [1.807, 2.05) is 26.0 Å². The van der Waals surface area contributed by atoms with Crippen molar-refractivity contribution in [1.29, 1.82) is 0 Å². The van der Waals surface area contributed by atoms with E-state index in [0.717, 1.165) is 66.0 Å². The van der Waals surface area contributed by atoms with Gasteiger partial charge in [-0.05, 0) is 50.8 Å². The summed E-state index contributed by atoms with van der Waals surface area (Å²) in [4.78, 5) is 24.6. The summed E-state index contributed by atoms with van der Waals surface area (Å²) in [5.41, 5.74) is 2.94. The van der Waals surface area contributed by atoms with E-state index in [-0.39, 0.29) is 18.1 Å². The minimum absolute atomic E-state index is 0.0839. The van der Waals surface area contributed by atoms with Gasteiger partial charge in [0, 0.05) is 41.9 Å². The van der Waals surface area contributed by atoms with Crippen molar-refractivity contribution in [1.82, 2.24) is 20.1 Å². The number of amides is 1. The molecule has 156 valence electrons. The highest BCUT2D eigenvalue weighted by Crippen LogP contribution is 2.33. The van der Waals surface area contributed by atoms with E-state index in [0.29, 0.717) is 23.8 Å². The lowest BCUT2D eigenvalue weighted by Crippen LogP contribution is -2.33. The monoisotopic (exact) mass is 408 g/mol. The van der Waals surface area contributed by atoms with Crippen LogP contribution in [0.2, 0.25) is 0 Å². The fourth-order valence-electron chi connectivity index (χ4n) is 4.60. The number of rotatable bonds is 5. The smallest absolute Gasteiger partial charge is 0.339 e. The Morgan fingerprint density at radius 2 is 2.10 bits per heavy atom. The summed E-state index contributed by atoms with van der Waals surface area (Å²) in [5, 5.41) is 12.1. The van der Waals surface area contributed by atoms with Crippen LogP contribution in [-0.4, -0.2) is 33.8 Å². The summed E-state index contributed by atoms with van der Waals surface area (Å²) < 4.78 is 13.4. The van der Waals surface area contributed by atoms with E-state index in [9.17, 15) is 9.59 Å². The van der Waals surface area contributed by atoms with Gasteiger partial charge in [0.25, 0.3) is 5.91 Å². The van der Waals surface area contributed by atoms with Crippen molar-refractivity contribution in [3.8, 4) is 5.75 Å². The molecule has 1 unspecified atom stereocenters. The highest BCUT2D eigenvalue weighted by molar-refractivity contribution is 5.86. The minimum Gasteiger partial charge on any atom is -0.483 e. The molecule has 0 saturated carbocycles. The molecule has 0 bridgehead atoms. The molecule has 1 N–H and O–H groups in total. The largest absolute Gasteiger partial charge is 0.483 e. The van der Waals surface area contributed by atoms with E-state index in [1.54, 1.807) is 0 Å². The number of ether oxygens (including phenoxy) is 1. The fraction of sp³-hybridized carbons (Fsp3) is 0.455. The molecule has 1 aliphatic heterocycles. The van der Waals surface area contributed by atoms with Crippen LogP contribution in [0, 0.1) is 19.8 Å². The molecular formula is C22H24N4O4. The molecule has 1 atom stereocenters. The molecule has 2 aliphatic rings. The Bertz CT molecular complexity index is 1210. The Hall–Kier alpha value is -3.16. The summed E-state index contributed by atoms with van der Waals surface area (Å²) in [6.07, 6.45) is 3.48. The second-order valence-electron chi connectivity index (χ2n) is 8.20. The van der Waals surface area contributed by atoms with Gasteiger partial charge < -0.3 is 19.0 Å². The lowest BCUT2D eigenvalue weighted by molar-refractivity contribution is -0.123. The Balaban J connectivity index is 1.22. The van der Waals surface area contributed by atoms with Gasteiger partial charge in [-0.3, -0.25) is 4.79 Å². The van der Waals surface area contributed by atoms with Crippen molar-refractivity contribution >= 4 is 16.9 Å². The molecule has 2 aromatic heterocycles.